The summed E-state index contributed by atoms with van der Waals surface area (Å²) in [7, 11) is 1.73. The molecule has 1 aromatic heterocycles. The number of methoxy groups -OCH3 is 1. The number of fused-ring (bicyclic) bond motifs is 3. The van der Waals surface area contributed by atoms with Crippen LogP contribution in [0.15, 0.2) is 46.9 Å². The van der Waals surface area contributed by atoms with Gasteiger partial charge in [0, 0.05) is 29.6 Å². The van der Waals surface area contributed by atoms with Gasteiger partial charge in [-0.05, 0) is 30.7 Å². The van der Waals surface area contributed by atoms with Crippen LogP contribution in [0.3, 0.4) is 0 Å². The maximum Gasteiger partial charge on any atom is 0.135 e. The number of hydrogen-bond donors (Lipinski definition) is 1. The summed E-state index contributed by atoms with van der Waals surface area (Å²) in [6, 6.07) is 14.7. The Morgan fingerprint density at radius 3 is 2.70 bits per heavy atom. The van der Waals surface area contributed by atoms with E-state index in [0.717, 1.165) is 34.0 Å². The molecule has 3 rings (SSSR count). The van der Waals surface area contributed by atoms with Crippen LogP contribution in [0, 0.1) is 0 Å². The highest BCUT2D eigenvalue weighted by molar-refractivity contribution is 6.05. The zero-order valence-corrected chi connectivity index (χ0v) is 11.8. The molecule has 0 saturated carbocycles. The van der Waals surface area contributed by atoms with E-state index < -0.39 is 0 Å². The molecule has 2 aromatic carbocycles. The first-order chi connectivity index (χ1) is 9.81. The number of para-hydroxylation sites is 1. The molecule has 0 spiro atoms. The third-order valence-electron chi connectivity index (χ3n) is 3.61. The highest BCUT2D eigenvalue weighted by atomic mass is 16.5. The van der Waals surface area contributed by atoms with E-state index in [-0.39, 0.29) is 0 Å². The van der Waals surface area contributed by atoms with Gasteiger partial charge in [-0.2, -0.15) is 0 Å². The Hall–Kier alpha value is -2.00. The van der Waals surface area contributed by atoms with Gasteiger partial charge in [-0.25, -0.2) is 0 Å². The molecule has 0 amide bonds. The van der Waals surface area contributed by atoms with Crippen molar-refractivity contribution >= 4 is 27.6 Å². The number of hydrogen-bond acceptors (Lipinski definition) is 3. The van der Waals surface area contributed by atoms with E-state index in [4.69, 9.17) is 9.15 Å². The average molecular weight is 269 g/mol. The fourth-order valence-corrected chi connectivity index (χ4v) is 2.51. The lowest BCUT2D eigenvalue weighted by Crippen LogP contribution is -2.23. The topological polar surface area (TPSA) is 34.4 Å². The molecule has 0 fully saturated rings. The lowest BCUT2D eigenvalue weighted by atomic mass is 10.1. The molecular formula is C17H19NO2. The molecule has 0 aliphatic rings. The van der Waals surface area contributed by atoms with Gasteiger partial charge in [0.15, 0.2) is 0 Å². The molecular weight excluding hydrogens is 250 g/mol. The first-order valence-electron chi connectivity index (χ1n) is 6.98. The van der Waals surface area contributed by atoms with E-state index in [0.29, 0.717) is 12.6 Å². The second kappa shape index (κ2) is 5.55. The van der Waals surface area contributed by atoms with Gasteiger partial charge in [0.25, 0.3) is 0 Å². The molecule has 104 valence electrons. The summed E-state index contributed by atoms with van der Waals surface area (Å²) in [6.07, 6.45) is 1.03. The lowest BCUT2D eigenvalue weighted by Gasteiger charge is -2.17. The fourth-order valence-electron chi connectivity index (χ4n) is 2.51. The summed E-state index contributed by atoms with van der Waals surface area (Å²) in [6.45, 7) is 2.86. The van der Waals surface area contributed by atoms with Crippen LogP contribution in [0.4, 0.5) is 5.69 Å². The normalized spacial score (nSPS) is 12.9. The van der Waals surface area contributed by atoms with Gasteiger partial charge in [0.05, 0.1) is 6.61 Å². The van der Waals surface area contributed by atoms with Crippen molar-refractivity contribution in [1.29, 1.82) is 0 Å². The summed E-state index contributed by atoms with van der Waals surface area (Å²) >= 11 is 0. The fraction of sp³-hybridized carbons (Fsp3) is 0.294. The zero-order valence-electron chi connectivity index (χ0n) is 11.8. The number of anilines is 1. The Labute approximate surface area is 118 Å². The van der Waals surface area contributed by atoms with Crippen molar-refractivity contribution in [2.24, 2.45) is 0 Å². The molecule has 3 nitrogen and oxygen atoms in total. The number of rotatable bonds is 5. The van der Waals surface area contributed by atoms with E-state index in [1.165, 1.54) is 0 Å². The third kappa shape index (κ3) is 2.37. The highest BCUT2D eigenvalue weighted by Gasteiger charge is 2.09. The smallest absolute Gasteiger partial charge is 0.135 e. The molecule has 1 atom stereocenters. The third-order valence-corrected chi connectivity index (χ3v) is 3.61. The monoisotopic (exact) mass is 269 g/mol. The minimum atomic E-state index is 0.329. The Morgan fingerprint density at radius 2 is 1.90 bits per heavy atom. The number of nitrogens with one attached hydrogen (secondary N) is 1. The van der Waals surface area contributed by atoms with Crippen LogP contribution in [-0.4, -0.2) is 19.8 Å². The molecule has 0 aliphatic heterocycles. The molecule has 1 N–H and O–H groups in total. The van der Waals surface area contributed by atoms with Crippen molar-refractivity contribution in [3.05, 3.63) is 42.5 Å². The summed E-state index contributed by atoms with van der Waals surface area (Å²) < 4.78 is 11.1. The van der Waals surface area contributed by atoms with E-state index in [1.807, 2.05) is 24.3 Å². The van der Waals surface area contributed by atoms with Crippen LogP contribution >= 0.6 is 0 Å². The van der Waals surface area contributed by atoms with Crippen LogP contribution in [0.1, 0.15) is 13.3 Å². The van der Waals surface area contributed by atoms with Crippen molar-refractivity contribution in [2.75, 3.05) is 19.0 Å². The van der Waals surface area contributed by atoms with Gasteiger partial charge in [0.2, 0.25) is 0 Å². The second-order valence-electron chi connectivity index (χ2n) is 5.01. The van der Waals surface area contributed by atoms with Gasteiger partial charge in [-0.1, -0.05) is 25.1 Å². The Morgan fingerprint density at radius 1 is 1.10 bits per heavy atom. The van der Waals surface area contributed by atoms with Crippen molar-refractivity contribution < 1.29 is 9.15 Å². The average Bonchev–Trinajstić information content (AvgIpc) is 2.85. The Kier molecular flexibility index (Phi) is 3.61. The zero-order chi connectivity index (χ0) is 13.9. The van der Waals surface area contributed by atoms with Crippen molar-refractivity contribution in [2.45, 2.75) is 19.4 Å². The molecule has 0 bridgehead atoms. The standard InChI is InChI=1S/C17H19NO2/c1-3-12(11-19-2)18-13-8-9-17-15(10-13)14-6-4-5-7-16(14)20-17/h4-10,12,18H,3,11H2,1-2H3. The van der Waals surface area contributed by atoms with Crippen LogP contribution in [0.2, 0.25) is 0 Å². The molecule has 1 unspecified atom stereocenters. The Bertz CT molecular complexity index is 717. The molecule has 0 saturated heterocycles. The largest absolute Gasteiger partial charge is 0.456 e. The number of furan rings is 1. The molecule has 20 heavy (non-hydrogen) atoms. The van der Waals surface area contributed by atoms with Crippen molar-refractivity contribution in [3.63, 3.8) is 0 Å². The minimum Gasteiger partial charge on any atom is -0.456 e. The Balaban J connectivity index is 1.99. The van der Waals surface area contributed by atoms with Gasteiger partial charge < -0.3 is 14.5 Å². The van der Waals surface area contributed by atoms with Gasteiger partial charge in [0.1, 0.15) is 11.2 Å². The minimum absolute atomic E-state index is 0.329. The second-order valence-corrected chi connectivity index (χ2v) is 5.01. The van der Waals surface area contributed by atoms with Crippen LogP contribution in [-0.2, 0) is 4.74 Å². The summed E-state index contributed by atoms with van der Waals surface area (Å²) in [5.41, 5.74) is 2.97. The number of ether oxygens (including phenoxy) is 1. The SMILES string of the molecule is CCC(COC)Nc1ccc2oc3ccccc3c2c1. The quantitative estimate of drug-likeness (QED) is 0.744. The molecule has 0 aliphatic carbocycles. The summed E-state index contributed by atoms with van der Waals surface area (Å²) in [5.74, 6) is 0. The van der Waals surface area contributed by atoms with Gasteiger partial charge in [-0.3, -0.25) is 0 Å². The molecule has 3 heteroatoms. The number of benzene rings is 2. The van der Waals surface area contributed by atoms with Gasteiger partial charge >= 0.3 is 0 Å². The maximum absolute atomic E-state index is 5.83. The predicted molar refractivity (Wildman–Crippen MR) is 83.3 cm³/mol. The van der Waals surface area contributed by atoms with Crippen LogP contribution < -0.4 is 5.32 Å². The van der Waals surface area contributed by atoms with E-state index in [1.54, 1.807) is 7.11 Å². The van der Waals surface area contributed by atoms with Crippen molar-refractivity contribution in [1.82, 2.24) is 0 Å². The van der Waals surface area contributed by atoms with E-state index >= 15 is 0 Å². The van der Waals surface area contributed by atoms with E-state index in [9.17, 15) is 0 Å². The first kappa shape index (κ1) is 13.0. The maximum atomic E-state index is 5.83. The molecule has 0 radical (unpaired) electrons. The highest BCUT2D eigenvalue weighted by Crippen LogP contribution is 2.30. The van der Waals surface area contributed by atoms with Crippen molar-refractivity contribution in [3.8, 4) is 0 Å². The lowest BCUT2D eigenvalue weighted by molar-refractivity contribution is 0.184. The molecule has 1 heterocycles. The summed E-state index contributed by atoms with van der Waals surface area (Å²) in [4.78, 5) is 0. The first-order valence-corrected chi connectivity index (χ1v) is 6.98. The predicted octanol–water partition coefficient (Wildman–Crippen LogP) is 4.42. The van der Waals surface area contributed by atoms with Crippen LogP contribution in [0.5, 0.6) is 0 Å². The molecule has 3 aromatic rings. The van der Waals surface area contributed by atoms with E-state index in [2.05, 4.69) is 30.4 Å². The van der Waals surface area contributed by atoms with Crippen LogP contribution in [0.25, 0.3) is 21.9 Å². The summed E-state index contributed by atoms with van der Waals surface area (Å²) in [5, 5.41) is 5.82. The van der Waals surface area contributed by atoms with Gasteiger partial charge in [-0.15, -0.1) is 0 Å².